The molecule has 0 bridgehead atoms. The lowest BCUT2D eigenvalue weighted by molar-refractivity contribution is -0.141. The van der Waals surface area contributed by atoms with Gasteiger partial charge in [0.2, 0.25) is 14.8 Å². The minimum absolute atomic E-state index is 0.0531. The molecule has 172 valence electrons. The maximum atomic E-state index is 15.6. The van der Waals surface area contributed by atoms with Gasteiger partial charge >= 0.3 is 6.18 Å². The molecule has 0 spiro atoms. The predicted molar refractivity (Wildman–Crippen MR) is 99.0 cm³/mol. The Morgan fingerprint density at radius 2 is 1.74 bits per heavy atom. The van der Waals surface area contributed by atoms with E-state index in [4.69, 9.17) is 0 Å². The number of aromatic nitrogens is 3. The summed E-state index contributed by atoms with van der Waals surface area (Å²) in [6, 6.07) is 2.07. The fraction of sp³-hybridized carbons (Fsp3) is 0.556. The van der Waals surface area contributed by atoms with Crippen LogP contribution in [0, 0.1) is 5.92 Å². The van der Waals surface area contributed by atoms with Crippen molar-refractivity contribution in [1.29, 1.82) is 0 Å². The van der Waals surface area contributed by atoms with E-state index in [1.54, 1.807) is 4.90 Å². The molecule has 0 saturated carbocycles. The summed E-state index contributed by atoms with van der Waals surface area (Å²) in [5.41, 5.74) is -1.65. The van der Waals surface area contributed by atoms with E-state index in [0.717, 1.165) is 30.1 Å². The summed E-state index contributed by atoms with van der Waals surface area (Å²) in [5, 5.41) is 0.607. The van der Waals surface area contributed by atoms with Crippen LogP contribution in [0.25, 0.3) is 0 Å². The van der Waals surface area contributed by atoms with E-state index in [-0.39, 0.29) is 25.9 Å². The van der Waals surface area contributed by atoms with Gasteiger partial charge in [-0.3, -0.25) is 4.68 Å². The van der Waals surface area contributed by atoms with E-state index >= 15 is 4.39 Å². The van der Waals surface area contributed by atoms with Gasteiger partial charge in [-0.1, -0.05) is 0 Å². The number of halogens is 6. The first-order valence-electron chi connectivity index (χ1n) is 9.28. The number of sulfone groups is 1. The average Bonchev–Trinajstić information content (AvgIpc) is 3.10. The third kappa shape index (κ3) is 4.37. The molecular weight excluding hydrogens is 450 g/mol. The molecule has 31 heavy (non-hydrogen) atoms. The first-order valence-corrected chi connectivity index (χ1v) is 10.8. The van der Waals surface area contributed by atoms with Gasteiger partial charge in [-0.2, -0.15) is 18.3 Å². The van der Waals surface area contributed by atoms with Gasteiger partial charge in [-0.25, -0.2) is 26.6 Å². The van der Waals surface area contributed by atoms with E-state index in [1.807, 2.05) is 0 Å². The Balaban J connectivity index is 1.76. The summed E-state index contributed by atoms with van der Waals surface area (Å²) in [6.45, 7) is 1.19. The Bertz CT molecular complexity index is 1030. The average molecular weight is 470 g/mol. The van der Waals surface area contributed by atoms with Gasteiger partial charge in [0.25, 0.3) is 6.43 Å². The highest BCUT2D eigenvalue weighted by molar-refractivity contribution is 7.92. The van der Waals surface area contributed by atoms with E-state index < -0.39 is 49.6 Å². The number of anilines is 1. The fourth-order valence-corrected chi connectivity index (χ4v) is 5.47. The Morgan fingerprint density at radius 3 is 2.23 bits per heavy atom. The van der Waals surface area contributed by atoms with Crippen molar-refractivity contribution in [2.24, 2.45) is 13.0 Å². The molecule has 1 fully saturated rings. The van der Waals surface area contributed by atoms with Gasteiger partial charge in [0.1, 0.15) is 16.3 Å². The maximum absolute atomic E-state index is 15.6. The smallest absolute Gasteiger partial charge is 0.370 e. The monoisotopic (exact) mass is 470 g/mol. The molecule has 3 rings (SSSR count). The van der Waals surface area contributed by atoms with Crippen molar-refractivity contribution in [1.82, 2.24) is 14.8 Å². The van der Waals surface area contributed by atoms with Crippen LogP contribution in [0.2, 0.25) is 0 Å². The normalized spacial score (nSPS) is 18.4. The first-order chi connectivity index (χ1) is 14.2. The summed E-state index contributed by atoms with van der Waals surface area (Å²) < 4.78 is 107. The number of hydrogen-bond acceptors (Lipinski definition) is 5. The summed E-state index contributed by atoms with van der Waals surface area (Å²) in [4.78, 5) is 4.21. The van der Waals surface area contributed by atoms with Crippen LogP contribution in [0.5, 0.6) is 0 Å². The number of alkyl halides is 6. The molecule has 1 unspecified atom stereocenters. The van der Waals surface area contributed by atoms with Crippen molar-refractivity contribution in [3.05, 3.63) is 35.9 Å². The zero-order valence-corrected chi connectivity index (χ0v) is 17.4. The molecule has 2 aromatic heterocycles. The highest BCUT2D eigenvalue weighted by Crippen LogP contribution is 2.42. The molecule has 0 N–H and O–H groups in total. The third-order valence-corrected chi connectivity index (χ3v) is 7.75. The van der Waals surface area contributed by atoms with Gasteiger partial charge in [-0.05, 0) is 31.9 Å². The van der Waals surface area contributed by atoms with Crippen molar-refractivity contribution in [2.75, 3.05) is 18.0 Å². The molecule has 3 heterocycles. The molecule has 0 radical (unpaired) electrons. The van der Waals surface area contributed by atoms with Gasteiger partial charge in [0, 0.05) is 32.3 Å². The SMILES string of the molecule is Cn1cc(S(=O)(=O)C(C)(F)C2CCN(c3ccc(C(F)(F)F)nc3)CC2)c(C(F)F)n1. The largest absolute Gasteiger partial charge is 0.433 e. The highest BCUT2D eigenvalue weighted by Gasteiger charge is 2.50. The standard InChI is InChI=1S/C18H20F6N4O2S/c1-17(21,31(29,30)13-10-27(2)26-15(13)16(19)20)11-5-7-28(8-6-11)12-3-4-14(25-9-12)18(22,23)24/h3-4,9-11,16H,5-8H2,1-2H3. The third-order valence-electron chi connectivity index (χ3n) is 5.47. The molecule has 1 atom stereocenters. The predicted octanol–water partition coefficient (Wildman–Crippen LogP) is 4.15. The molecule has 0 amide bonds. The van der Waals surface area contributed by atoms with Gasteiger partial charge < -0.3 is 4.90 Å². The zero-order valence-electron chi connectivity index (χ0n) is 16.6. The lowest BCUT2D eigenvalue weighted by atomic mass is 9.92. The molecule has 0 aliphatic carbocycles. The summed E-state index contributed by atoms with van der Waals surface area (Å²) in [7, 11) is -3.52. The first kappa shape index (κ1) is 23.4. The molecule has 13 heteroatoms. The number of pyridine rings is 1. The lowest BCUT2D eigenvalue weighted by Crippen LogP contribution is -2.45. The number of aryl methyl sites for hydroxylation is 1. The van der Waals surface area contributed by atoms with Crippen LogP contribution in [0.4, 0.5) is 32.0 Å². The quantitative estimate of drug-likeness (QED) is 0.615. The minimum Gasteiger partial charge on any atom is -0.370 e. The zero-order chi connectivity index (χ0) is 23.2. The van der Waals surface area contributed by atoms with E-state index in [9.17, 15) is 30.4 Å². The molecular formula is C18H20F6N4O2S. The second kappa shape index (κ2) is 7.99. The summed E-state index contributed by atoms with van der Waals surface area (Å²) >= 11 is 0. The van der Waals surface area contributed by atoms with Crippen LogP contribution in [0.1, 0.15) is 37.6 Å². The second-order valence-corrected chi connectivity index (χ2v) is 9.75. The Morgan fingerprint density at radius 1 is 1.13 bits per heavy atom. The van der Waals surface area contributed by atoms with E-state index in [2.05, 4.69) is 10.1 Å². The van der Waals surface area contributed by atoms with Crippen molar-refractivity contribution < 1.29 is 34.8 Å². The second-order valence-electron chi connectivity index (χ2n) is 7.50. The molecule has 6 nitrogen and oxygen atoms in total. The van der Waals surface area contributed by atoms with Gasteiger partial charge in [-0.15, -0.1) is 0 Å². The van der Waals surface area contributed by atoms with Crippen molar-refractivity contribution >= 4 is 15.5 Å². The van der Waals surface area contributed by atoms with Crippen LogP contribution in [0.3, 0.4) is 0 Å². The number of hydrogen-bond donors (Lipinski definition) is 0. The number of nitrogens with zero attached hydrogens (tertiary/aromatic N) is 4. The van der Waals surface area contributed by atoms with Crippen LogP contribution in [-0.2, 0) is 23.1 Å². The molecule has 1 saturated heterocycles. The van der Waals surface area contributed by atoms with Crippen LogP contribution in [0.15, 0.2) is 29.4 Å². The number of piperidine rings is 1. The van der Waals surface area contributed by atoms with Gasteiger partial charge in [0.05, 0.1) is 11.9 Å². The van der Waals surface area contributed by atoms with Crippen LogP contribution < -0.4 is 4.90 Å². The Hall–Kier alpha value is -2.31. The van der Waals surface area contributed by atoms with Gasteiger partial charge in [0.15, 0.2) is 0 Å². The highest BCUT2D eigenvalue weighted by atomic mass is 32.2. The fourth-order valence-electron chi connectivity index (χ4n) is 3.67. The molecule has 1 aliphatic rings. The molecule has 0 aromatic carbocycles. The molecule has 2 aromatic rings. The topological polar surface area (TPSA) is 68.1 Å². The Labute approximate surface area is 174 Å². The Kier molecular flexibility index (Phi) is 6.02. The van der Waals surface area contributed by atoms with Crippen molar-refractivity contribution in [3.8, 4) is 0 Å². The van der Waals surface area contributed by atoms with Crippen LogP contribution in [-0.4, -0.2) is 41.3 Å². The van der Waals surface area contributed by atoms with Crippen molar-refractivity contribution in [2.45, 2.75) is 42.3 Å². The van der Waals surface area contributed by atoms with Crippen LogP contribution >= 0.6 is 0 Å². The summed E-state index contributed by atoms with van der Waals surface area (Å²) in [6.07, 6.45) is -5.73. The maximum Gasteiger partial charge on any atom is 0.433 e. The lowest BCUT2D eigenvalue weighted by Gasteiger charge is -2.38. The van der Waals surface area contributed by atoms with E-state index in [0.29, 0.717) is 5.69 Å². The van der Waals surface area contributed by atoms with E-state index in [1.165, 1.54) is 13.1 Å². The number of rotatable bonds is 5. The van der Waals surface area contributed by atoms with Crippen molar-refractivity contribution in [3.63, 3.8) is 0 Å². The minimum atomic E-state index is -4.78. The summed E-state index contributed by atoms with van der Waals surface area (Å²) in [5.74, 6) is -0.998. The molecule has 1 aliphatic heterocycles.